The minimum atomic E-state index is 0.159. The molecule has 0 aliphatic heterocycles. The fourth-order valence-corrected chi connectivity index (χ4v) is 3.29. The Kier molecular flexibility index (Phi) is 12.7. The molecular weight excluding hydrogens is 320 g/mol. The number of nitrogens with two attached hydrogens (primary N) is 1. The molecular formula is C23H40N2O. The van der Waals surface area contributed by atoms with Gasteiger partial charge in [-0.3, -0.25) is 4.79 Å². The van der Waals surface area contributed by atoms with Gasteiger partial charge < -0.3 is 10.6 Å². The molecule has 0 saturated carbocycles. The van der Waals surface area contributed by atoms with E-state index in [0.717, 1.165) is 31.5 Å². The smallest absolute Gasteiger partial charge is 0.253 e. The van der Waals surface area contributed by atoms with Crippen LogP contribution in [0, 0.1) is 0 Å². The molecule has 0 spiro atoms. The number of anilines is 1. The molecule has 1 amide bonds. The van der Waals surface area contributed by atoms with E-state index >= 15 is 0 Å². The van der Waals surface area contributed by atoms with Gasteiger partial charge in [0.25, 0.3) is 5.91 Å². The van der Waals surface area contributed by atoms with E-state index < -0.39 is 0 Å². The summed E-state index contributed by atoms with van der Waals surface area (Å²) < 4.78 is 0. The van der Waals surface area contributed by atoms with Crippen molar-refractivity contribution in [2.24, 2.45) is 0 Å². The highest BCUT2D eigenvalue weighted by atomic mass is 16.2. The number of amides is 1. The van der Waals surface area contributed by atoms with E-state index in [4.69, 9.17) is 5.73 Å². The number of rotatable bonds is 15. The molecule has 0 unspecified atom stereocenters. The topological polar surface area (TPSA) is 46.3 Å². The van der Waals surface area contributed by atoms with Gasteiger partial charge in [0.05, 0.1) is 0 Å². The van der Waals surface area contributed by atoms with Crippen LogP contribution in [0.2, 0.25) is 0 Å². The summed E-state index contributed by atoms with van der Waals surface area (Å²) in [5.41, 5.74) is 7.22. The summed E-state index contributed by atoms with van der Waals surface area (Å²) in [6, 6.07) is 7.35. The molecule has 3 heteroatoms. The van der Waals surface area contributed by atoms with Crippen molar-refractivity contribution in [2.45, 2.75) is 90.9 Å². The Balaban J connectivity index is 2.45. The number of hydrogen-bond acceptors (Lipinski definition) is 2. The number of hydrogen-bond donors (Lipinski definition) is 1. The van der Waals surface area contributed by atoms with E-state index in [9.17, 15) is 4.79 Å². The SMILES string of the molecule is CCCCCCCCN(CCCCCCCC)C(=O)c1ccc(N)cc1. The fraction of sp³-hybridized carbons (Fsp3) is 0.696. The maximum atomic E-state index is 12.9. The third-order valence-electron chi connectivity index (χ3n) is 5.01. The van der Waals surface area contributed by atoms with Gasteiger partial charge in [-0.2, -0.15) is 0 Å². The lowest BCUT2D eigenvalue weighted by molar-refractivity contribution is 0.0749. The lowest BCUT2D eigenvalue weighted by atomic mass is 10.1. The van der Waals surface area contributed by atoms with Crippen LogP contribution < -0.4 is 5.73 Å². The highest BCUT2D eigenvalue weighted by Crippen LogP contribution is 2.13. The Morgan fingerprint density at radius 2 is 1.15 bits per heavy atom. The maximum Gasteiger partial charge on any atom is 0.253 e. The molecule has 0 aliphatic rings. The third-order valence-corrected chi connectivity index (χ3v) is 5.01. The lowest BCUT2D eigenvalue weighted by Crippen LogP contribution is -2.33. The second-order valence-corrected chi connectivity index (χ2v) is 7.45. The molecule has 0 bridgehead atoms. The van der Waals surface area contributed by atoms with Crippen molar-refractivity contribution in [3.63, 3.8) is 0 Å². The van der Waals surface area contributed by atoms with E-state index in [1.165, 1.54) is 64.2 Å². The summed E-state index contributed by atoms with van der Waals surface area (Å²) in [5.74, 6) is 0.159. The number of nitrogen functional groups attached to an aromatic ring is 1. The molecule has 26 heavy (non-hydrogen) atoms. The molecule has 3 nitrogen and oxygen atoms in total. The zero-order chi connectivity index (χ0) is 19.0. The summed E-state index contributed by atoms with van der Waals surface area (Å²) in [4.78, 5) is 14.9. The Morgan fingerprint density at radius 1 is 0.731 bits per heavy atom. The highest BCUT2D eigenvalue weighted by Gasteiger charge is 2.15. The maximum absolute atomic E-state index is 12.9. The second kappa shape index (κ2) is 14.6. The molecule has 1 aromatic carbocycles. The Morgan fingerprint density at radius 3 is 1.62 bits per heavy atom. The Bertz CT molecular complexity index is 454. The molecule has 0 heterocycles. The number of nitrogens with zero attached hydrogens (tertiary/aromatic N) is 1. The van der Waals surface area contributed by atoms with Gasteiger partial charge in [0.1, 0.15) is 0 Å². The lowest BCUT2D eigenvalue weighted by Gasteiger charge is -2.23. The molecule has 0 aliphatic carbocycles. The van der Waals surface area contributed by atoms with Gasteiger partial charge in [0.15, 0.2) is 0 Å². The number of unbranched alkanes of at least 4 members (excludes halogenated alkanes) is 10. The molecule has 0 aromatic heterocycles. The molecule has 0 saturated heterocycles. The van der Waals surface area contributed by atoms with Crippen molar-refractivity contribution in [3.8, 4) is 0 Å². The van der Waals surface area contributed by atoms with Crippen LogP contribution in [0.3, 0.4) is 0 Å². The van der Waals surface area contributed by atoms with Gasteiger partial charge in [-0.15, -0.1) is 0 Å². The molecule has 148 valence electrons. The van der Waals surface area contributed by atoms with Crippen molar-refractivity contribution in [2.75, 3.05) is 18.8 Å². The first-order chi connectivity index (χ1) is 12.7. The average molecular weight is 361 g/mol. The molecule has 0 fully saturated rings. The van der Waals surface area contributed by atoms with Crippen LogP contribution in [0.1, 0.15) is 101 Å². The number of benzene rings is 1. The minimum absolute atomic E-state index is 0.159. The minimum Gasteiger partial charge on any atom is -0.399 e. The van der Waals surface area contributed by atoms with E-state index in [1.807, 2.05) is 24.3 Å². The molecule has 2 N–H and O–H groups in total. The molecule has 0 radical (unpaired) electrons. The summed E-state index contributed by atoms with van der Waals surface area (Å²) in [6.07, 6.45) is 15.1. The monoisotopic (exact) mass is 360 g/mol. The third kappa shape index (κ3) is 9.84. The standard InChI is InChI=1S/C23H40N2O/c1-3-5-7-9-11-13-19-25(20-14-12-10-8-6-4-2)23(26)21-15-17-22(24)18-16-21/h15-18H,3-14,19-20,24H2,1-2H3. The molecule has 1 rings (SSSR count). The first-order valence-corrected chi connectivity index (χ1v) is 10.8. The summed E-state index contributed by atoms with van der Waals surface area (Å²) >= 11 is 0. The largest absolute Gasteiger partial charge is 0.399 e. The average Bonchev–Trinajstić information content (AvgIpc) is 2.65. The van der Waals surface area contributed by atoms with Crippen LogP contribution >= 0.6 is 0 Å². The van der Waals surface area contributed by atoms with Crippen LogP contribution in [-0.2, 0) is 0 Å². The van der Waals surface area contributed by atoms with Gasteiger partial charge in [-0.1, -0.05) is 78.1 Å². The van der Waals surface area contributed by atoms with Crippen LogP contribution in [0.25, 0.3) is 0 Å². The summed E-state index contributed by atoms with van der Waals surface area (Å²) in [5, 5.41) is 0. The van der Waals surface area contributed by atoms with Crippen molar-refractivity contribution in [1.29, 1.82) is 0 Å². The van der Waals surface area contributed by atoms with Gasteiger partial charge in [-0.25, -0.2) is 0 Å². The van der Waals surface area contributed by atoms with E-state index in [0.29, 0.717) is 5.69 Å². The van der Waals surface area contributed by atoms with E-state index in [2.05, 4.69) is 18.7 Å². The fourth-order valence-electron chi connectivity index (χ4n) is 3.29. The normalized spacial score (nSPS) is 10.8. The predicted molar refractivity (Wildman–Crippen MR) is 114 cm³/mol. The van der Waals surface area contributed by atoms with Gasteiger partial charge in [-0.05, 0) is 37.1 Å². The summed E-state index contributed by atoms with van der Waals surface area (Å²) in [6.45, 7) is 6.25. The summed E-state index contributed by atoms with van der Waals surface area (Å²) in [7, 11) is 0. The number of carbonyl (C=O) groups is 1. The van der Waals surface area contributed by atoms with Crippen LogP contribution in [0.4, 0.5) is 5.69 Å². The van der Waals surface area contributed by atoms with Crippen LogP contribution in [0.5, 0.6) is 0 Å². The van der Waals surface area contributed by atoms with Crippen molar-refractivity contribution in [1.82, 2.24) is 4.90 Å². The first-order valence-electron chi connectivity index (χ1n) is 10.8. The van der Waals surface area contributed by atoms with Crippen LogP contribution in [0.15, 0.2) is 24.3 Å². The zero-order valence-corrected chi connectivity index (χ0v) is 17.1. The van der Waals surface area contributed by atoms with Crippen molar-refractivity contribution in [3.05, 3.63) is 29.8 Å². The second-order valence-electron chi connectivity index (χ2n) is 7.45. The van der Waals surface area contributed by atoms with Crippen molar-refractivity contribution >= 4 is 11.6 Å². The first kappa shape index (κ1) is 22.5. The van der Waals surface area contributed by atoms with E-state index in [1.54, 1.807) is 0 Å². The van der Waals surface area contributed by atoms with Gasteiger partial charge >= 0.3 is 0 Å². The predicted octanol–water partition coefficient (Wildman–Crippen LogP) is 6.43. The van der Waals surface area contributed by atoms with Crippen molar-refractivity contribution < 1.29 is 4.79 Å². The van der Waals surface area contributed by atoms with Gasteiger partial charge in [0.2, 0.25) is 0 Å². The highest BCUT2D eigenvalue weighted by molar-refractivity contribution is 5.94. The Labute approximate surface area is 161 Å². The van der Waals surface area contributed by atoms with E-state index in [-0.39, 0.29) is 5.91 Å². The Hall–Kier alpha value is -1.51. The quantitative estimate of drug-likeness (QED) is 0.289. The van der Waals surface area contributed by atoms with Gasteiger partial charge in [0, 0.05) is 24.3 Å². The zero-order valence-electron chi connectivity index (χ0n) is 17.1. The molecule has 0 atom stereocenters. The number of carbonyl (C=O) groups excluding carboxylic acids is 1. The molecule has 1 aromatic rings. The van der Waals surface area contributed by atoms with Crippen LogP contribution in [-0.4, -0.2) is 23.9 Å².